The smallest absolute Gasteiger partial charge is 0.417 e. The summed E-state index contributed by atoms with van der Waals surface area (Å²) >= 11 is 15.4. The fourth-order valence-corrected chi connectivity index (χ4v) is 0.373. The van der Waals surface area contributed by atoms with Crippen molar-refractivity contribution in [3.8, 4) is 0 Å². The molecule has 0 spiro atoms. The normalized spacial score (nSPS) is 10.8. The van der Waals surface area contributed by atoms with Crippen LogP contribution in [-0.4, -0.2) is 27.4 Å². The third kappa shape index (κ3) is 6.22. The number of esters is 1. The minimum atomic E-state index is -1.77. The molecule has 0 rings (SSSR count). The lowest BCUT2D eigenvalue weighted by molar-refractivity contribution is -0.163. The first kappa shape index (κ1) is 10.8. The predicted molar refractivity (Wildman–Crippen MR) is 38.9 cm³/mol. The maximum Gasteiger partial charge on any atom is 0.417 e. The molecule has 7 heteroatoms. The number of carbonyl (C=O) groups excluding carboxylic acids is 1. The van der Waals surface area contributed by atoms with Crippen molar-refractivity contribution in [2.45, 2.75) is 3.79 Å². The largest absolute Gasteiger partial charge is 0.473 e. The highest BCUT2D eigenvalue weighted by atomic mass is 35.6. The van der Waals surface area contributed by atoms with Gasteiger partial charge < -0.3 is 9.84 Å². The molecular formula is C4H3Cl3O4. The maximum atomic E-state index is 10.2. The van der Waals surface area contributed by atoms with E-state index in [0.29, 0.717) is 0 Å². The van der Waals surface area contributed by atoms with Crippen LogP contribution in [0.25, 0.3) is 0 Å². The van der Waals surface area contributed by atoms with Gasteiger partial charge in [0, 0.05) is 0 Å². The van der Waals surface area contributed by atoms with Gasteiger partial charge in [-0.3, -0.25) is 0 Å². The highest BCUT2D eigenvalue weighted by Crippen LogP contribution is 2.25. The number of hydrogen-bond donors (Lipinski definition) is 1. The lowest BCUT2D eigenvalue weighted by atomic mass is 10.7. The molecule has 0 aliphatic rings. The highest BCUT2D eigenvalue weighted by Gasteiger charge is 2.24. The quantitative estimate of drug-likeness (QED) is 0.407. The Hall–Kier alpha value is -0.190. The van der Waals surface area contributed by atoms with Crippen molar-refractivity contribution >= 4 is 46.7 Å². The van der Waals surface area contributed by atoms with Gasteiger partial charge >= 0.3 is 11.9 Å². The summed E-state index contributed by atoms with van der Waals surface area (Å²) in [6, 6.07) is 0. The van der Waals surface area contributed by atoms with Crippen LogP contribution in [-0.2, 0) is 14.3 Å². The summed E-state index contributed by atoms with van der Waals surface area (Å²) in [4.78, 5) is 20.0. The molecule has 11 heavy (non-hydrogen) atoms. The van der Waals surface area contributed by atoms with Crippen LogP contribution in [0.1, 0.15) is 0 Å². The van der Waals surface area contributed by atoms with Gasteiger partial charge in [-0.25, -0.2) is 9.59 Å². The van der Waals surface area contributed by atoms with E-state index in [-0.39, 0.29) is 0 Å². The molecule has 0 unspecified atom stereocenters. The molecule has 0 saturated heterocycles. The lowest BCUT2D eigenvalue weighted by Gasteiger charge is -2.08. The third-order valence-corrected chi connectivity index (χ3v) is 0.869. The number of carbonyl (C=O) groups is 2. The van der Waals surface area contributed by atoms with Crippen molar-refractivity contribution in [1.82, 2.24) is 0 Å². The Kier molecular flexibility index (Phi) is 3.92. The van der Waals surface area contributed by atoms with Crippen molar-refractivity contribution in [3.05, 3.63) is 0 Å². The van der Waals surface area contributed by atoms with Crippen molar-refractivity contribution in [1.29, 1.82) is 0 Å². The minimum absolute atomic E-state index is 0.581. The molecule has 0 saturated carbocycles. The van der Waals surface area contributed by atoms with Crippen LogP contribution in [0.4, 0.5) is 0 Å². The van der Waals surface area contributed by atoms with Crippen molar-refractivity contribution in [2.75, 3.05) is 6.61 Å². The summed E-state index contributed by atoms with van der Waals surface area (Å²) in [7, 11) is 0. The summed E-state index contributed by atoms with van der Waals surface area (Å²) in [5.41, 5.74) is 0. The second-order valence-corrected chi connectivity index (χ2v) is 4.01. The van der Waals surface area contributed by atoms with E-state index < -0.39 is 22.3 Å². The molecule has 1 N–H and O–H groups in total. The van der Waals surface area contributed by atoms with E-state index in [1.54, 1.807) is 0 Å². The van der Waals surface area contributed by atoms with Gasteiger partial charge in [0.25, 0.3) is 0 Å². The number of carboxylic acid groups (broad SMARTS) is 1. The van der Waals surface area contributed by atoms with Crippen molar-refractivity contribution < 1.29 is 19.4 Å². The van der Waals surface area contributed by atoms with Gasteiger partial charge in [0.15, 0.2) is 0 Å². The van der Waals surface area contributed by atoms with Gasteiger partial charge in [-0.15, -0.1) is 0 Å². The van der Waals surface area contributed by atoms with E-state index in [1.807, 2.05) is 0 Å². The zero-order valence-electron chi connectivity index (χ0n) is 5.01. The summed E-state index contributed by atoms with van der Waals surface area (Å²) in [6.45, 7) is -0.581. The first-order chi connectivity index (χ1) is 4.83. The molecule has 4 nitrogen and oxygen atoms in total. The molecule has 0 amide bonds. The number of ether oxygens (including phenoxy) is 1. The average molecular weight is 221 g/mol. The van der Waals surface area contributed by atoms with Gasteiger partial charge in [0.2, 0.25) is 3.79 Å². The molecular weight excluding hydrogens is 218 g/mol. The van der Waals surface area contributed by atoms with Gasteiger partial charge in [0.05, 0.1) is 0 Å². The monoisotopic (exact) mass is 220 g/mol. The zero-order chi connectivity index (χ0) is 9.07. The summed E-state index contributed by atoms with van der Waals surface area (Å²) in [5.74, 6) is -3.17. The standard InChI is InChI=1S/C4H3Cl3O4/c5-4(6,7)1-11-3(10)2(8)9/h1H2,(H,8,9). The molecule has 0 aromatic rings. The lowest BCUT2D eigenvalue weighted by Crippen LogP contribution is -2.22. The minimum Gasteiger partial charge on any atom is -0.473 e. The SMILES string of the molecule is O=C(O)C(=O)OCC(Cl)(Cl)Cl. The van der Waals surface area contributed by atoms with Gasteiger partial charge in [-0.2, -0.15) is 0 Å². The fourth-order valence-electron chi connectivity index (χ4n) is 0.209. The topological polar surface area (TPSA) is 63.6 Å². The Bertz CT molecular complexity index is 173. The zero-order valence-corrected chi connectivity index (χ0v) is 7.28. The van der Waals surface area contributed by atoms with E-state index in [1.165, 1.54) is 0 Å². The molecule has 0 radical (unpaired) electrons. The maximum absolute atomic E-state index is 10.2. The number of aliphatic carboxylic acids is 1. The van der Waals surface area contributed by atoms with E-state index in [0.717, 1.165) is 0 Å². The second kappa shape index (κ2) is 3.99. The van der Waals surface area contributed by atoms with Crippen LogP contribution >= 0.6 is 34.8 Å². The van der Waals surface area contributed by atoms with E-state index in [2.05, 4.69) is 4.74 Å². The Balaban J connectivity index is 3.73. The Morgan fingerprint density at radius 3 is 2.09 bits per heavy atom. The highest BCUT2D eigenvalue weighted by molar-refractivity contribution is 6.67. The number of hydrogen-bond acceptors (Lipinski definition) is 3. The molecule has 64 valence electrons. The fraction of sp³-hybridized carbons (Fsp3) is 0.500. The molecule has 0 bridgehead atoms. The average Bonchev–Trinajstić information content (AvgIpc) is 1.80. The molecule has 0 aliphatic carbocycles. The second-order valence-electron chi connectivity index (χ2n) is 1.50. The molecule has 0 aromatic heterocycles. The summed E-state index contributed by atoms with van der Waals surface area (Å²) in [6.07, 6.45) is 0. The Morgan fingerprint density at radius 1 is 1.36 bits per heavy atom. The summed E-state index contributed by atoms with van der Waals surface area (Å²) < 4.78 is 2.26. The van der Waals surface area contributed by atoms with E-state index >= 15 is 0 Å². The van der Waals surface area contributed by atoms with Crippen LogP contribution in [0.3, 0.4) is 0 Å². The molecule has 0 aliphatic heterocycles. The molecule has 0 atom stereocenters. The van der Waals surface area contributed by atoms with Crippen molar-refractivity contribution in [2.24, 2.45) is 0 Å². The first-order valence-electron chi connectivity index (χ1n) is 2.30. The van der Waals surface area contributed by atoms with E-state index in [4.69, 9.17) is 39.9 Å². The number of alkyl halides is 3. The van der Waals surface area contributed by atoms with Gasteiger partial charge in [-0.1, -0.05) is 34.8 Å². The van der Waals surface area contributed by atoms with Crippen LogP contribution in [0.2, 0.25) is 0 Å². The summed E-state index contributed by atoms with van der Waals surface area (Å²) in [5, 5.41) is 7.98. The molecule has 0 heterocycles. The van der Waals surface area contributed by atoms with Crippen LogP contribution in [0, 0.1) is 0 Å². The number of carboxylic acids is 1. The van der Waals surface area contributed by atoms with Gasteiger partial charge in [-0.05, 0) is 0 Å². The van der Waals surface area contributed by atoms with Crippen molar-refractivity contribution in [3.63, 3.8) is 0 Å². The molecule has 0 fully saturated rings. The number of rotatable bonds is 1. The predicted octanol–water partition coefficient (Wildman–Crippen LogP) is 0.984. The third-order valence-electron chi connectivity index (χ3n) is 0.542. The van der Waals surface area contributed by atoms with Crippen LogP contribution in [0.5, 0.6) is 0 Å². The number of halogens is 3. The first-order valence-corrected chi connectivity index (χ1v) is 3.43. The Labute approximate surface area is 77.0 Å². The molecule has 0 aromatic carbocycles. The van der Waals surface area contributed by atoms with Crippen LogP contribution in [0.15, 0.2) is 0 Å². The van der Waals surface area contributed by atoms with Crippen LogP contribution < -0.4 is 0 Å². The Morgan fingerprint density at radius 2 is 1.82 bits per heavy atom. The van der Waals surface area contributed by atoms with Gasteiger partial charge in [0.1, 0.15) is 6.61 Å². The van der Waals surface area contributed by atoms with E-state index in [9.17, 15) is 9.59 Å².